The average molecular weight is 669 g/mol. The fourth-order valence-electron chi connectivity index (χ4n) is 5.50. The summed E-state index contributed by atoms with van der Waals surface area (Å²) >= 11 is 2.50. The van der Waals surface area contributed by atoms with Gasteiger partial charge in [-0.1, -0.05) is 170 Å². The van der Waals surface area contributed by atoms with Gasteiger partial charge in [-0.3, -0.25) is 0 Å². The molecule has 0 rings (SSSR count). The molecule has 0 aromatic carbocycles. The zero-order valence-electron chi connectivity index (χ0n) is 26.3. The first-order valence-electron chi connectivity index (χ1n) is 17.2. The maximum atomic E-state index is 5.96. The van der Waals surface area contributed by atoms with E-state index in [4.69, 9.17) is 13.3 Å². The Labute approximate surface area is 255 Å². The average Bonchev–Trinajstić information content (AvgIpc) is 2.91. The number of alkyl halides is 1. The second-order valence-corrected chi connectivity index (χ2v) is 15.1. The molecule has 5 heteroatoms. The standard InChI is InChI=1S/C33H69IO3Si/c1-4-35-38(36-5-2,37-6-3)33-31-29-27-25-23-21-19-17-15-13-11-9-7-8-10-12-14-16-18-20-22-24-26-28-30-32-34/h4-33H2,1-3H3. The van der Waals surface area contributed by atoms with Crippen LogP contribution in [0.1, 0.15) is 181 Å². The van der Waals surface area contributed by atoms with Crippen molar-refractivity contribution in [3.05, 3.63) is 0 Å². The van der Waals surface area contributed by atoms with Crippen LogP contribution in [-0.4, -0.2) is 33.1 Å². The van der Waals surface area contributed by atoms with E-state index in [2.05, 4.69) is 22.6 Å². The summed E-state index contributed by atoms with van der Waals surface area (Å²) < 4.78 is 19.2. The fraction of sp³-hybridized carbons (Fsp3) is 1.00. The number of rotatable bonds is 33. The summed E-state index contributed by atoms with van der Waals surface area (Å²) in [6, 6.07) is 0.974. The molecule has 0 fully saturated rings. The maximum absolute atomic E-state index is 5.96. The molecule has 0 atom stereocenters. The first-order chi connectivity index (χ1) is 18.7. The molecule has 0 amide bonds. The van der Waals surface area contributed by atoms with Crippen molar-refractivity contribution in [2.45, 2.75) is 187 Å². The monoisotopic (exact) mass is 668 g/mol. The van der Waals surface area contributed by atoms with Gasteiger partial charge in [0, 0.05) is 25.9 Å². The smallest absolute Gasteiger partial charge is 0.374 e. The van der Waals surface area contributed by atoms with Gasteiger partial charge in [0.2, 0.25) is 0 Å². The van der Waals surface area contributed by atoms with E-state index < -0.39 is 8.80 Å². The summed E-state index contributed by atoms with van der Waals surface area (Å²) in [5.74, 6) is 0. The highest BCUT2D eigenvalue weighted by Gasteiger charge is 2.39. The third kappa shape index (κ3) is 27.0. The molecule has 3 nitrogen and oxygen atoms in total. The lowest BCUT2D eigenvalue weighted by Crippen LogP contribution is -2.45. The minimum atomic E-state index is -2.42. The van der Waals surface area contributed by atoms with E-state index in [9.17, 15) is 0 Å². The lowest BCUT2D eigenvalue weighted by molar-refractivity contribution is 0.0706. The van der Waals surface area contributed by atoms with Gasteiger partial charge in [-0.25, -0.2) is 0 Å². The Morgan fingerprint density at radius 1 is 0.342 bits per heavy atom. The molecule has 0 heterocycles. The third-order valence-corrected chi connectivity index (χ3v) is 11.6. The van der Waals surface area contributed by atoms with E-state index in [1.54, 1.807) is 0 Å². The second kappa shape index (κ2) is 32.3. The van der Waals surface area contributed by atoms with Gasteiger partial charge >= 0.3 is 8.80 Å². The van der Waals surface area contributed by atoms with Crippen molar-refractivity contribution in [3.8, 4) is 0 Å². The summed E-state index contributed by atoms with van der Waals surface area (Å²) in [4.78, 5) is 0. The van der Waals surface area contributed by atoms with Crippen molar-refractivity contribution in [1.82, 2.24) is 0 Å². The van der Waals surface area contributed by atoms with Crippen LogP contribution >= 0.6 is 22.6 Å². The summed E-state index contributed by atoms with van der Waals surface area (Å²) in [5, 5.41) is 0. The Morgan fingerprint density at radius 2 is 0.553 bits per heavy atom. The first kappa shape index (κ1) is 38.8. The molecule has 0 aromatic rings. The van der Waals surface area contributed by atoms with Gasteiger partial charge in [-0.2, -0.15) is 0 Å². The van der Waals surface area contributed by atoms with Crippen molar-refractivity contribution in [3.63, 3.8) is 0 Å². The largest absolute Gasteiger partial charge is 0.500 e. The minimum Gasteiger partial charge on any atom is -0.374 e. The zero-order valence-corrected chi connectivity index (χ0v) is 29.5. The summed E-state index contributed by atoms with van der Waals surface area (Å²) in [6.07, 6.45) is 35.9. The Bertz CT molecular complexity index is 421. The molecule has 0 radical (unpaired) electrons. The van der Waals surface area contributed by atoms with Crippen molar-refractivity contribution in [1.29, 1.82) is 0 Å². The topological polar surface area (TPSA) is 27.7 Å². The van der Waals surface area contributed by atoms with Crippen molar-refractivity contribution in [2.75, 3.05) is 24.2 Å². The van der Waals surface area contributed by atoms with Crippen LogP contribution in [0.15, 0.2) is 0 Å². The molecule has 0 saturated heterocycles. The van der Waals surface area contributed by atoms with Crippen LogP contribution in [0.25, 0.3) is 0 Å². The normalized spacial score (nSPS) is 12.0. The SMILES string of the molecule is CCO[Si](CCCCCCCCCCCCCCCCCCCCCCCCCCCI)(OCC)OCC. The number of hydrogen-bond donors (Lipinski definition) is 0. The van der Waals surface area contributed by atoms with Gasteiger partial charge in [0.05, 0.1) is 0 Å². The Kier molecular flexibility index (Phi) is 33.0. The zero-order chi connectivity index (χ0) is 27.8. The highest BCUT2D eigenvalue weighted by atomic mass is 127. The van der Waals surface area contributed by atoms with Gasteiger partial charge in [-0.05, 0) is 38.0 Å². The predicted molar refractivity (Wildman–Crippen MR) is 180 cm³/mol. The van der Waals surface area contributed by atoms with Crippen LogP contribution in [0.2, 0.25) is 6.04 Å². The predicted octanol–water partition coefficient (Wildman–Crippen LogP) is 12.2. The Morgan fingerprint density at radius 3 is 0.763 bits per heavy atom. The quantitative estimate of drug-likeness (QED) is 0.0301. The molecule has 0 aliphatic rings. The van der Waals surface area contributed by atoms with Crippen LogP contribution in [0, 0.1) is 0 Å². The Hall–Kier alpha value is 0.827. The summed E-state index contributed by atoms with van der Waals surface area (Å²) in [5.41, 5.74) is 0. The van der Waals surface area contributed by atoms with E-state index in [1.165, 1.54) is 165 Å². The van der Waals surface area contributed by atoms with Crippen molar-refractivity contribution < 1.29 is 13.3 Å². The molecule has 0 aromatic heterocycles. The number of unbranched alkanes of at least 4 members (excludes halogenated alkanes) is 24. The molecular formula is C33H69IO3Si. The summed E-state index contributed by atoms with van der Waals surface area (Å²) in [6.45, 7) is 8.19. The van der Waals surface area contributed by atoms with Crippen LogP contribution in [-0.2, 0) is 13.3 Å². The fourth-order valence-corrected chi connectivity index (χ4v) is 8.73. The molecule has 38 heavy (non-hydrogen) atoms. The van der Waals surface area contributed by atoms with Gasteiger partial charge in [0.15, 0.2) is 0 Å². The number of hydrogen-bond acceptors (Lipinski definition) is 3. The highest BCUT2D eigenvalue weighted by molar-refractivity contribution is 14.1. The molecule has 0 aliphatic heterocycles. The van der Waals surface area contributed by atoms with Crippen LogP contribution < -0.4 is 0 Å². The van der Waals surface area contributed by atoms with E-state index in [0.29, 0.717) is 19.8 Å². The van der Waals surface area contributed by atoms with E-state index >= 15 is 0 Å². The maximum Gasteiger partial charge on any atom is 0.500 e. The second-order valence-electron chi connectivity index (χ2n) is 11.3. The minimum absolute atomic E-state index is 0.686. The lowest BCUT2D eigenvalue weighted by atomic mass is 10.0. The van der Waals surface area contributed by atoms with Crippen molar-refractivity contribution >= 4 is 31.4 Å². The van der Waals surface area contributed by atoms with Crippen molar-refractivity contribution in [2.24, 2.45) is 0 Å². The summed E-state index contributed by atoms with van der Waals surface area (Å²) in [7, 11) is -2.42. The Balaban J connectivity index is 3.28. The molecule has 230 valence electrons. The van der Waals surface area contributed by atoms with Gasteiger partial charge in [0.1, 0.15) is 0 Å². The van der Waals surface area contributed by atoms with Gasteiger partial charge in [-0.15, -0.1) is 0 Å². The van der Waals surface area contributed by atoms with Gasteiger partial charge < -0.3 is 13.3 Å². The lowest BCUT2D eigenvalue weighted by Gasteiger charge is -2.28. The van der Waals surface area contributed by atoms with E-state index in [1.807, 2.05) is 20.8 Å². The molecular weight excluding hydrogens is 599 g/mol. The van der Waals surface area contributed by atoms with E-state index in [-0.39, 0.29) is 0 Å². The van der Waals surface area contributed by atoms with Crippen LogP contribution in [0.3, 0.4) is 0 Å². The number of halogens is 1. The first-order valence-corrected chi connectivity index (χ1v) is 20.7. The molecule has 0 N–H and O–H groups in total. The molecule has 0 bridgehead atoms. The molecule has 0 unspecified atom stereocenters. The third-order valence-electron chi connectivity index (χ3n) is 7.71. The highest BCUT2D eigenvalue weighted by Crippen LogP contribution is 2.21. The molecule has 0 saturated carbocycles. The van der Waals surface area contributed by atoms with E-state index in [0.717, 1.165) is 6.04 Å². The molecule has 0 aliphatic carbocycles. The van der Waals surface area contributed by atoms with Crippen LogP contribution in [0.4, 0.5) is 0 Å². The van der Waals surface area contributed by atoms with Gasteiger partial charge in [0.25, 0.3) is 0 Å². The molecule has 0 spiro atoms. The van der Waals surface area contributed by atoms with Crippen LogP contribution in [0.5, 0.6) is 0 Å².